The average molecular weight is 529 g/mol. The van der Waals surface area contributed by atoms with E-state index >= 15 is 0 Å². The van der Waals surface area contributed by atoms with Crippen molar-refractivity contribution >= 4 is 23.0 Å². The number of carbonyl (C=O) groups excluding carboxylic acids is 1. The van der Waals surface area contributed by atoms with Gasteiger partial charge in [-0.3, -0.25) is 19.4 Å². The van der Waals surface area contributed by atoms with Crippen molar-refractivity contribution in [2.75, 3.05) is 32.8 Å². The van der Waals surface area contributed by atoms with Gasteiger partial charge >= 0.3 is 0 Å². The van der Waals surface area contributed by atoms with Gasteiger partial charge in [0, 0.05) is 66.2 Å². The smallest absolute Gasteiger partial charge is 0.284 e. The number of rotatable bonds is 7. The first-order chi connectivity index (χ1) is 18.7. The van der Waals surface area contributed by atoms with Crippen LogP contribution >= 0.6 is 11.3 Å². The van der Waals surface area contributed by atoms with E-state index in [9.17, 15) is 9.90 Å². The number of hydrogen-bond donors (Lipinski definition) is 1. The highest BCUT2D eigenvalue weighted by molar-refractivity contribution is 7.17. The van der Waals surface area contributed by atoms with Crippen LogP contribution in [0.25, 0.3) is 10.4 Å². The number of benzene rings is 1. The van der Waals surface area contributed by atoms with Gasteiger partial charge in [-0.05, 0) is 24.3 Å². The monoisotopic (exact) mass is 528 g/mol. The molecule has 0 aliphatic carbocycles. The Balaban J connectivity index is 1.22. The summed E-state index contributed by atoms with van der Waals surface area (Å²) in [5.74, 6) is -0.0533. The number of pyridine rings is 1. The number of amides is 1. The summed E-state index contributed by atoms with van der Waals surface area (Å²) in [6, 6.07) is 14.3. The van der Waals surface area contributed by atoms with Crippen LogP contribution in [0.2, 0.25) is 0 Å². The Hall–Kier alpha value is -3.86. The molecule has 5 heterocycles. The fraction of sp³-hybridized carbons (Fsp3) is 0.286. The lowest BCUT2D eigenvalue weighted by atomic mass is 9.98. The molecule has 0 radical (unpaired) electrons. The van der Waals surface area contributed by atoms with Gasteiger partial charge in [0.15, 0.2) is 0 Å². The van der Waals surface area contributed by atoms with Gasteiger partial charge in [0.2, 0.25) is 0 Å². The van der Waals surface area contributed by atoms with E-state index < -0.39 is 6.04 Å². The molecule has 1 saturated heterocycles. The Bertz CT molecular complexity index is 1440. The van der Waals surface area contributed by atoms with Crippen LogP contribution in [-0.2, 0) is 11.3 Å². The van der Waals surface area contributed by atoms with E-state index in [0.717, 1.165) is 61.1 Å². The highest BCUT2D eigenvalue weighted by atomic mass is 32.1. The van der Waals surface area contributed by atoms with Crippen LogP contribution in [0.5, 0.6) is 5.75 Å². The van der Waals surface area contributed by atoms with E-state index in [1.54, 1.807) is 24.5 Å². The van der Waals surface area contributed by atoms with Gasteiger partial charge < -0.3 is 9.84 Å². The Morgan fingerprint density at radius 2 is 1.89 bits per heavy atom. The van der Waals surface area contributed by atoms with Gasteiger partial charge in [0.1, 0.15) is 5.75 Å². The summed E-state index contributed by atoms with van der Waals surface area (Å²) < 4.78 is 7.37. The van der Waals surface area contributed by atoms with Crippen molar-refractivity contribution in [3.63, 3.8) is 0 Å². The lowest BCUT2D eigenvalue weighted by molar-refractivity contribution is 0.0360. The first-order valence-corrected chi connectivity index (χ1v) is 13.5. The molecule has 9 nitrogen and oxygen atoms in total. The number of carbonyl (C=O) groups is 1. The van der Waals surface area contributed by atoms with Crippen LogP contribution < -0.4 is 0 Å². The minimum Gasteiger partial charge on any atom is -0.508 e. The number of aromatic hydroxyl groups is 1. The molecule has 10 heteroatoms. The van der Waals surface area contributed by atoms with E-state index in [2.05, 4.69) is 15.0 Å². The second-order valence-electron chi connectivity index (χ2n) is 9.33. The quantitative estimate of drug-likeness (QED) is 0.389. The third-order valence-electron chi connectivity index (χ3n) is 6.89. The van der Waals surface area contributed by atoms with Crippen LogP contribution in [0, 0.1) is 0 Å². The van der Waals surface area contributed by atoms with Crippen LogP contribution in [0.3, 0.4) is 0 Å². The normalized spacial score (nSPS) is 18.1. The molecular formula is C28H28N6O3S. The summed E-state index contributed by atoms with van der Waals surface area (Å²) in [5.41, 5.74) is 3.27. The van der Waals surface area contributed by atoms with Crippen LogP contribution in [0.4, 0.5) is 0 Å². The number of morpholine rings is 1. The third-order valence-corrected chi connectivity index (χ3v) is 8.01. The molecule has 38 heavy (non-hydrogen) atoms. The molecular weight excluding hydrogens is 500 g/mol. The van der Waals surface area contributed by atoms with E-state index in [-0.39, 0.29) is 11.7 Å². The summed E-state index contributed by atoms with van der Waals surface area (Å²) >= 11 is 1.42. The standard InChI is InChI=1S/C28H28N6O3S/c35-25-6-2-1-5-22(25)24-16-23(20-4-3-9-29-17-20)31-34(24)28(36)27-8-7-26(38-27)21-18-30-33(19-21)11-10-32-12-14-37-15-13-32/h1-9,17-19,24,35H,10-16H2. The highest BCUT2D eigenvalue weighted by Crippen LogP contribution is 2.39. The van der Waals surface area contributed by atoms with Gasteiger partial charge in [0.05, 0.1) is 42.6 Å². The Morgan fingerprint density at radius 1 is 1.03 bits per heavy atom. The van der Waals surface area contributed by atoms with Crippen molar-refractivity contribution in [3.8, 4) is 16.2 Å². The summed E-state index contributed by atoms with van der Waals surface area (Å²) in [6.07, 6.45) is 7.82. The largest absolute Gasteiger partial charge is 0.508 e. The maximum Gasteiger partial charge on any atom is 0.284 e. The lowest BCUT2D eigenvalue weighted by Crippen LogP contribution is -2.38. The minimum absolute atomic E-state index is 0.147. The molecule has 1 N–H and O–H groups in total. The third kappa shape index (κ3) is 5.10. The molecule has 2 aliphatic rings. The summed E-state index contributed by atoms with van der Waals surface area (Å²) in [5, 5.41) is 21.3. The number of ether oxygens (including phenoxy) is 1. The summed E-state index contributed by atoms with van der Waals surface area (Å²) in [7, 11) is 0. The molecule has 194 valence electrons. The van der Waals surface area contributed by atoms with E-state index in [1.807, 2.05) is 53.5 Å². The maximum absolute atomic E-state index is 13.7. The van der Waals surface area contributed by atoms with Crippen molar-refractivity contribution in [2.45, 2.75) is 19.0 Å². The van der Waals surface area contributed by atoms with Gasteiger partial charge in [-0.15, -0.1) is 11.3 Å². The molecule has 1 unspecified atom stereocenters. The fourth-order valence-electron chi connectivity index (χ4n) is 4.82. The van der Waals surface area contributed by atoms with Crippen molar-refractivity contribution in [2.24, 2.45) is 5.10 Å². The van der Waals surface area contributed by atoms with E-state index in [4.69, 9.17) is 9.84 Å². The number of hydrazone groups is 1. The molecule has 2 aliphatic heterocycles. The first-order valence-electron chi connectivity index (χ1n) is 12.7. The second-order valence-corrected chi connectivity index (χ2v) is 10.4. The zero-order chi connectivity index (χ0) is 25.9. The highest BCUT2D eigenvalue weighted by Gasteiger charge is 2.35. The van der Waals surface area contributed by atoms with E-state index in [1.165, 1.54) is 16.3 Å². The fourth-order valence-corrected chi connectivity index (χ4v) is 5.73. The van der Waals surface area contributed by atoms with Crippen molar-refractivity contribution in [1.29, 1.82) is 0 Å². The zero-order valence-corrected chi connectivity index (χ0v) is 21.6. The molecule has 6 rings (SSSR count). The van der Waals surface area contributed by atoms with Crippen molar-refractivity contribution < 1.29 is 14.6 Å². The van der Waals surface area contributed by atoms with E-state index in [0.29, 0.717) is 16.9 Å². The SMILES string of the molecule is O=C(c1ccc(-c2cnn(CCN3CCOCC3)c2)s1)N1N=C(c2cccnc2)CC1c1ccccc1O. The Kier molecular flexibility index (Phi) is 7.00. The van der Waals surface area contributed by atoms with Crippen LogP contribution in [0.15, 0.2) is 78.4 Å². The molecule has 1 aromatic carbocycles. The molecule has 1 amide bonds. The molecule has 4 aromatic rings. The van der Waals surface area contributed by atoms with Gasteiger partial charge in [-0.25, -0.2) is 5.01 Å². The van der Waals surface area contributed by atoms with Crippen LogP contribution in [0.1, 0.15) is 33.3 Å². The minimum atomic E-state index is -0.410. The predicted octanol–water partition coefficient (Wildman–Crippen LogP) is 4.04. The molecule has 0 spiro atoms. The number of thiophene rings is 1. The van der Waals surface area contributed by atoms with Gasteiger partial charge in [0.25, 0.3) is 5.91 Å². The second kappa shape index (κ2) is 10.9. The summed E-state index contributed by atoms with van der Waals surface area (Å²) in [6.45, 7) is 5.21. The zero-order valence-electron chi connectivity index (χ0n) is 20.8. The van der Waals surface area contributed by atoms with Gasteiger partial charge in [-0.2, -0.15) is 10.2 Å². The van der Waals surface area contributed by atoms with Crippen LogP contribution in [-0.4, -0.2) is 74.2 Å². The molecule has 3 aromatic heterocycles. The van der Waals surface area contributed by atoms with Crippen molar-refractivity contribution in [3.05, 3.63) is 89.3 Å². The Labute approximate surface area is 224 Å². The average Bonchev–Trinajstić information content (AvgIpc) is 3.73. The molecule has 0 saturated carbocycles. The predicted molar refractivity (Wildman–Crippen MR) is 145 cm³/mol. The number of para-hydroxylation sites is 1. The first kappa shape index (κ1) is 24.5. The lowest BCUT2D eigenvalue weighted by Gasteiger charge is -2.26. The summed E-state index contributed by atoms with van der Waals surface area (Å²) in [4.78, 5) is 21.9. The molecule has 1 fully saturated rings. The number of hydrogen-bond acceptors (Lipinski definition) is 8. The Morgan fingerprint density at radius 3 is 2.71 bits per heavy atom. The number of aromatic nitrogens is 3. The maximum atomic E-state index is 13.7. The number of nitrogens with zero attached hydrogens (tertiary/aromatic N) is 6. The molecule has 1 atom stereocenters. The number of phenols is 1. The van der Waals surface area contributed by atoms with Crippen molar-refractivity contribution in [1.82, 2.24) is 24.7 Å². The van der Waals surface area contributed by atoms with Gasteiger partial charge in [-0.1, -0.05) is 24.3 Å². The topological polar surface area (TPSA) is 96.1 Å². The molecule has 0 bridgehead atoms. The number of phenolic OH excluding ortho intramolecular Hbond substituents is 1.